The number of fused-ring (bicyclic) bond motifs is 2. The molecule has 0 saturated carbocycles. The smallest absolute Gasteiger partial charge is 0.245 e. The number of aromatic nitrogens is 4. The lowest BCUT2D eigenvalue weighted by atomic mass is 10.1. The molecular weight excluding hydrogens is 411 g/mol. The number of nitrogens with zero attached hydrogens (tertiary/aromatic N) is 3. The Labute approximate surface area is 174 Å². The molecule has 0 fully saturated rings. The quantitative estimate of drug-likeness (QED) is 0.396. The summed E-state index contributed by atoms with van der Waals surface area (Å²) in [6.45, 7) is 0.423. The fourth-order valence-corrected chi connectivity index (χ4v) is 4.00. The summed E-state index contributed by atoms with van der Waals surface area (Å²) in [4.78, 5) is 17.4. The summed E-state index contributed by atoms with van der Waals surface area (Å²) < 4.78 is 19.2. The molecule has 5 aromatic rings. The summed E-state index contributed by atoms with van der Waals surface area (Å²) >= 11 is 7.54. The summed E-state index contributed by atoms with van der Waals surface area (Å²) in [5.41, 5.74) is 5.21. The van der Waals surface area contributed by atoms with Crippen LogP contribution >= 0.6 is 22.9 Å². The van der Waals surface area contributed by atoms with Gasteiger partial charge in [-0.1, -0.05) is 11.6 Å². The Morgan fingerprint density at radius 3 is 2.83 bits per heavy atom. The molecule has 144 valence electrons. The molecule has 0 spiro atoms. The lowest BCUT2D eigenvalue weighted by molar-refractivity contribution is 0.313. The van der Waals surface area contributed by atoms with Gasteiger partial charge in [-0.3, -0.25) is 0 Å². The number of aromatic amines is 1. The van der Waals surface area contributed by atoms with Crippen LogP contribution in [0.1, 0.15) is 5.56 Å². The van der Waals surface area contributed by atoms with Crippen LogP contribution in [0.25, 0.3) is 32.6 Å². The molecule has 0 unspecified atom stereocenters. The van der Waals surface area contributed by atoms with E-state index in [1.165, 1.54) is 23.5 Å². The minimum absolute atomic E-state index is 0.303. The Bertz CT molecular complexity index is 1320. The lowest BCUT2D eigenvalue weighted by Crippen LogP contribution is -2.04. The van der Waals surface area contributed by atoms with Gasteiger partial charge in [0.25, 0.3) is 0 Å². The number of hydrogen-bond acceptors (Lipinski definition) is 5. The normalized spacial score (nSPS) is 11.4. The minimum Gasteiger partial charge on any atom is -0.476 e. The van der Waals surface area contributed by atoms with E-state index in [4.69, 9.17) is 16.3 Å². The van der Waals surface area contributed by atoms with Crippen LogP contribution in [0.15, 0.2) is 54.2 Å². The highest BCUT2D eigenvalue weighted by atomic mass is 35.5. The lowest BCUT2D eigenvalue weighted by Gasteiger charge is -2.08. The van der Waals surface area contributed by atoms with E-state index in [0.29, 0.717) is 35.3 Å². The zero-order valence-corrected chi connectivity index (χ0v) is 16.6. The standard InChI is InChI=1S/C21H14ClFN4OS/c22-14-3-6-17-16(9-14)13(10-24-17)7-8-28-20-18-21(29-11-25-18)27-19(26-20)12-1-4-15(23)5-2-12/h1-6,9-11,24H,7-8H2. The molecule has 1 N–H and O–H groups in total. The molecule has 0 aliphatic carbocycles. The Hall–Kier alpha value is -3.03. The second-order valence-electron chi connectivity index (χ2n) is 6.47. The number of ether oxygens (including phenoxy) is 1. The van der Waals surface area contributed by atoms with Gasteiger partial charge in [-0.2, -0.15) is 4.98 Å². The van der Waals surface area contributed by atoms with Crippen molar-refractivity contribution >= 4 is 44.2 Å². The van der Waals surface area contributed by atoms with Crippen LogP contribution in [-0.2, 0) is 6.42 Å². The molecule has 0 amide bonds. The Morgan fingerprint density at radius 1 is 1.10 bits per heavy atom. The molecule has 0 atom stereocenters. The monoisotopic (exact) mass is 424 g/mol. The van der Waals surface area contributed by atoms with Crippen molar-refractivity contribution in [1.29, 1.82) is 0 Å². The zero-order valence-electron chi connectivity index (χ0n) is 15.0. The number of nitrogens with one attached hydrogen (secondary N) is 1. The van der Waals surface area contributed by atoms with Crippen LogP contribution in [0.3, 0.4) is 0 Å². The second kappa shape index (κ2) is 7.42. The number of H-pyrrole nitrogens is 1. The maximum absolute atomic E-state index is 13.2. The summed E-state index contributed by atoms with van der Waals surface area (Å²) in [5.74, 6) is 0.604. The van der Waals surface area contributed by atoms with Crippen molar-refractivity contribution in [2.45, 2.75) is 6.42 Å². The van der Waals surface area contributed by atoms with Crippen LogP contribution in [-0.4, -0.2) is 26.5 Å². The molecule has 8 heteroatoms. The third-order valence-electron chi connectivity index (χ3n) is 4.61. The SMILES string of the molecule is Fc1ccc(-c2nc(OCCc3c[nH]c4ccc(Cl)cc34)c3ncsc3n2)cc1. The first-order valence-corrected chi connectivity index (χ1v) is 10.2. The van der Waals surface area contributed by atoms with Crippen molar-refractivity contribution in [3.63, 3.8) is 0 Å². The molecule has 0 radical (unpaired) electrons. The van der Waals surface area contributed by atoms with Crippen LogP contribution in [0, 0.1) is 5.82 Å². The molecule has 5 rings (SSSR count). The number of rotatable bonds is 5. The highest BCUT2D eigenvalue weighted by Gasteiger charge is 2.14. The summed E-state index contributed by atoms with van der Waals surface area (Å²) in [6.07, 6.45) is 2.65. The number of thiazole rings is 1. The summed E-state index contributed by atoms with van der Waals surface area (Å²) in [6, 6.07) is 11.8. The molecule has 0 bridgehead atoms. The van der Waals surface area contributed by atoms with Crippen molar-refractivity contribution in [1.82, 2.24) is 19.9 Å². The first-order chi connectivity index (χ1) is 14.2. The predicted molar refractivity (Wildman–Crippen MR) is 113 cm³/mol. The topological polar surface area (TPSA) is 63.7 Å². The average molecular weight is 425 g/mol. The molecule has 3 aromatic heterocycles. The van der Waals surface area contributed by atoms with Gasteiger partial charge < -0.3 is 9.72 Å². The van der Waals surface area contributed by atoms with Gasteiger partial charge in [-0.05, 0) is 48.0 Å². The molecule has 0 aliphatic heterocycles. The summed E-state index contributed by atoms with van der Waals surface area (Å²) in [5, 5.41) is 1.78. The fraction of sp³-hybridized carbons (Fsp3) is 0.0952. The number of hydrogen-bond donors (Lipinski definition) is 1. The van der Waals surface area contributed by atoms with Crippen LogP contribution in [0.5, 0.6) is 5.88 Å². The van der Waals surface area contributed by atoms with Crippen molar-refractivity contribution in [2.75, 3.05) is 6.61 Å². The highest BCUT2D eigenvalue weighted by Crippen LogP contribution is 2.28. The molecule has 2 aromatic carbocycles. The highest BCUT2D eigenvalue weighted by molar-refractivity contribution is 7.16. The van der Waals surface area contributed by atoms with Gasteiger partial charge in [-0.15, -0.1) is 11.3 Å². The molecule has 0 saturated heterocycles. The van der Waals surface area contributed by atoms with Gasteiger partial charge in [0.05, 0.1) is 12.1 Å². The maximum atomic E-state index is 13.2. The predicted octanol–water partition coefficient (Wildman–Crippen LogP) is 5.65. The van der Waals surface area contributed by atoms with Crippen molar-refractivity contribution < 1.29 is 9.13 Å². The minimum atomic E-state index is -0.303. The largest absolute Gasteiger partial charge is 0.476 e. The van der Waals surface area contributed by atoms with Gasteiger partial charge >= 0.3 is 0 Å². The van der Waals surface area contributed by atoms with Crippen molar-refractivity contribution in [2.24, 2.45) is 0 Å². The fourth-order valence-electron chi connectivity index (χ4n) is 3.18. The summed E-state index contributed by atoms with van der Waals surface area (Å²) in [7, 11) is 0. The first-order valence-electron chi connectivity index (χ1n) is 8.93. The van der Waals surface area contributed by atoms with Crippen LogP contribution in [0.4, 0.5) is 4.39 Å². The van der Waals surface area contributed by atoms with Gasteiger partial charge in [0.1, 0.15) is 5.82 Å². The molecule has 29 heavy (non-hydrogen) atoms. The molecule has 5 nitrogen and oxygen atoms in total. The van der Waals surface area contributed by atoms with Crippen molar-refractivity contribution in [3.8, 4) is 17.3 Å². The molecule has 3 heterocycles. The van der Waals surface area contributed by atoms with E-state index >= 15 is 0 Å². The molecule has 0 aliphatic rings. The Balaban J connectivity index is 1.41. The Morgan fingerprint density at radius 2 is 1.97 bits per heavy atom. The zero-order chi connectivity index (χ0) is 19.8. The van der Waals surface area contributed by atoms with Gasteiger partial charge in [-0.25, -0.2) is 14.4 Å². The van der Waals surface area contributed by atoms with E-state index in [2.05, 4.69) is 19.9 Å². The third-order valence-corrected chi connectivity index (χ3v) is 5.56. The van der Waals surface area contributed by atoms with Gasteiger partial charge in [0.15, 0.2) is 16.2 Å². The van der Waals surface area contributed by atoms with Crippen LogP contribution < -0.4 is 4.74 Å². The first kappa shape index (κ1) is 18.0. The Kier molecular flexibility index (Phi) is 4.61. The molecular formula is C21H14ClFN4OS. The van der Waals surface area contributed by atoms with E-state index in [9.17, 15) is 4.39 Å². The average Bonchev–Trinajstić information content (AvgIpc) is 3.35. The van der Waals surface area contributed by atoms with Gasteiger partial charge in [0, 0.05) is 34.1 Å². The van der Waals surface area contributed by atoms with Crippen LogP contribution in [0.2, 0.25) is 5.02 Å². The van der Waals surface area contributed by atoms with E-state index < -0.39 is 0 Å². The number of halogens is 2. The van der Waals surface area contributed by atoms with E-state index in [-0.39, 0.29) is 5.82 Å². The van der Waals surface area contributed by atoms with Gasteiger partial charge in [0.2, 0.25) is 5.88 Å². The number of benzene rings is 2. The van der Waals surface area contributed by atoms with E-state index in [1.807, 2.05) is 24.4 Å². The van der Waals surface area contributed by atoms with E-state index in [0.717, 1.165) is 26.9 Å². The second-order valence-corrected chi connectivity index (χ2v) is 7.74. The third kappa shape index (κ3) is 3.54. The van der Waals surface area contributed by atoms with Crippen molar-refractivity contribution in [3.05, 3.63) is 70.6 Å². The maximum Gasteiger partial charge on any atom is 0.245 e. The van der Waals surface area contributed by atoms with E-state index in [1.54, 1.807) is 17.6 Å².